The van der Waals surface area contributed by atoms with Crippen LogP contribution in [0.1, 0.15) is 35.7 Å². The molecule has 0 spiro atoms. The van der Waals surface area contributed by atoms with Gasteiger partial charge in [0.15, 0.2) is 0 Å². The number of ether oxygens (including phenoxy) is 1. The van der Waals surface area contributed by atoms with Gasteiger partial charge in [0.05, 0.1) is 12.7 Å². The maximum absolute atomic E-state index is 11.6. The first kappa shape index (κ1) is 15.5. The number of rotatable bonds is 6. The van der Waals surface area contributed by atoms with E-state index in [9.17, 15) is 9.59 Å². The fraction of sp³-hybridized carbons (Fsp3) is 0.500. The number of hydrogen-bond acceptors (Lipinski definition) is 4. The standard InChI is InChI=1S/C16H22N2O3/c1-12(11-18-9-3-4-15(18)19)17-10-13-5-7-14(8-6-13)16(20)21-2/h5-8,12,17H,3-4,9-11H2,1-2H3. The molecule has 0 bridgehead atoms. The van der Waals surface area contributed by atoms with Crippen LogP contribution in [0, 0.1) is 0 Å². The largest absolute Gasteiger partial charge is 0.465 e. The number of benzene rings is 1. The Morgan fingerprint density at radius 1 is 1.38 bits per heavy atom. The van der Waals surface area contributed by atoms with Gasteiger partial charge in [-0.1, -0.05) is 12.1 Å². The molecule has 1 fully saturated rings. The SMILES string of the molecule is COC(=O)c1ccc(CNC(C)CN2CCCC2=O)cc1. The molecule has 0 radical (unpaired) electrons. The van der Waals surface area contributed by atoms with Crippen LogP contribution in [0.2, 0.25) is 0 Å². The first-order chi connectivity index (χ1) is 10.1. The van der Waals surface area contributed by atoms with Gasteiger partial charge in [-0.3, -0.25) is 4.79 Å². The highest BCUT2D eigenvalue weighted by atomic mass is 16.5. The Kier molecular flexibility index (Phi) is 5.33. The van der Waals surface area contributed by atoms with Crippen molar-refractivity contribution < 1.29 is 14.3 Å². The molecule has 1 amide bonds. The molecule has 1 unspecified atom stereocenters. The smallest absolute Gasteiger partial charge is 0.337 e. The van der Waals surface area contributed by atoms with Gasteiger partial charge in [0.1, 0.15) is 0 Å². The van der Waals surface area contributed by atoms with Gasteiger partial charge in [-0.15, -0.1) is 0 Å². The molecule has 1 saturated heterocycles. The van der Waals surface area contributed by atoms with Crippen LogP contribution < -0.4 is 5.32 Å². The molecule has 1 heterocycles. The third-order valence-electron chi connectivity index (χ3n) is 3.70. The Morgan fingerprint density at radius 2 is 2.10 bits per heavy atom. The van der Waals surface area contributed by atoms with Gasteiger partial charge < -0.3 is 15.0 Å². The van der Waals surface area contributed by atoms with Crippen molar-refractivity contribution in [2.24, 2.45) is 0 Å². The average Bonchev–Trinajstić information content (AvgIpc) is 2.90. The van der Waals surface area contributed by atoms with Crippen LogP contribution in [0.25, 0.3) is 0 Å². The van der Waals surface area contributed by atoms with E-state index in [0.717, 1.165) is 25.1 Å². The number of likely N-dealkylation sites (tertiary alicyclic amines) is 1. The summed E-state index contributed by atoms with van der Waals surface area (Å²) in [5.41, 5.74) is 1.65. The predicted molar refractivity (Wildman–Crippen MR) is 79.9 cm³/mol. The van der Waals surface area contributed by atoms with Crippen molar-refractivity contribution in [2.75, 3.05) is 20.2 Å². The molecule has 1 N–H and O–H groups in total. The van der Waals surface area contributed by atoms with Gasteiger partial charge in [0, 0.05) is 32.1 Å². The lowest BCUT2D eigenvalue weighted by Crippen LogP contribution is -2.39. The number of methoxy groups -OCH3 is 1. The number of carbonyl (C=O) groups excluding carboxylic acids is 2. The fourth-order valence-electron chi connectivity index (χ4n) is 2.46. The van der Waals surface area contributed by atoms with Gasteiger partial charge in [0.2, 0.25) is 5.91 Å². The molecule has 114 valence electrons. The van der Waals surface area contributed by atoms with Gasteiger partial charge in [-0.05, 0) is 31.0 Å². The van der Waals surface area contributed by atoms with Crippen molar-refractivity contribution in [2.45, 2.75) is 32.4 Å². The van der Waals surface area contributed by atoms with Crippen LogP contribution in [0.5, 0.6) is 0 Å². The number of nitrogens with zero attached hydrogens (tertiary/aromatic N) is 1. The molecule has 5 heteroatoms. The molecule has 21 heavy (non-hydrogen) atoms. The lowest BCUT2D eigenvalue weighted by atomic mass is 10.1. The lowest BCUT2D eigenvalue weighted by Gasteiger charge is -2.21. The number of esters is 1. The highest BCUT2D eigenvalue weighted by Crippen LogP contribution is 2.10. The quantitative estimate of drug-likeness (QED) is 0.808. The van der Waals surface area contributed by atoms with E-state index in [1.165, 1.54) is 7.11 Å². The van der Waals surface area contributed by atoms with Crippen molar-refractivity contribution in [1.29, 1.82) is 0 Å². The molecule has 0 saturated carbocycles. The highest BCUT2D eigenvalue weighted by Gasteiger charge is 2.21. The summed E-state index contributed by atoms with van der Waals surface area (Å²) in [4.78, 5) is 24.8. The van der Waals surface area contributed by atoms with Crippen molar-refractivity contribution >= 4 is 11.9 Å². The normalized spacial score (nSPS) is 16.1. The molecule has 2 rings (SSSR count). The van der Waals surface area contributed by atoms with E-state index >= 15 is 0 Å². The van der Waals surface area contributed by atoms with E-state index in [-0.39, 0.29) is 17.9 Å². The minimum absolute atomic E-state index is 0.243. The van der Waals surface area contributed by atoms with Crippen molar-refractivity contribution in [3.8, 4) is 0 Å². The van der Waals surface area contributed by atoms with Crippen molar-refractivity contribution in [3.63, 3.8) is 0 Å². The van der Waals surface area contributed by atoms with E-state index < -0.39 is 0 Å². The fourth-order valence-corrected chi connectivity index (χ4v) is 2.46. The maximum Gasteiger partial charge on any atom is 0.337 e. The van der Waals surface area contributed by atoms with Crippen LogP contribution in [0.3, 0.4) is 0 Å². The molecular weight excluding hydrogens is 268 g/mol. The van der Waals surface area contributed by atoms with Crippen LogP contribution in [0.15, 0.2) is 24.3 Å². The second-order valence-corrected chi connectivity index (χ2v) is 5.41. The van der Waals surface area contributed by atoms with Gasteiger partial charge in [0.25, 0.3) is 0 Å². The second kappa shape index (κ2) is 7.22. The van der Waals surface area contributed by atoms with E-state index in [2.05, 4.69) is 17.0 Å². The molecule has 1 aliphatic rings. The zero-order chi connectivity index (χ0) is 15.2. The number of carbonyl (C=O) groups is 2. The average molecular weight is 290 g/mol. The maximum atomic E-state index is 11.6. The zero-order valence-electron chi connectivity index (χ0n) is 12.6. The topological polar surface area (TPSA) is 58.6 Å². The Labute approximate surface area is 125 Å². The summed E-state index contributed by atoms with van der Waals surface area (Å²) in [6.07, 6.45) is 1.66. The summed E-state index contributed by atoms with van der Waals surface area (Å²) in [5.74, 6) is -0.0681. The summed E-state index contributed by atoms with van der Waals surface area (Å²) in [6, 6.07) is 7.59. The van der Waals surface area contributed by atoms with Gasteiger partial charge in [-0.2, -0.15) is 0 Å². The Balaban J connectivity index is 1.79. The Morgan fingerprint density at radius 3 is 2.67 bits per heavy atom. The van der Waals surface area contributed by atoms with E-state index in [0.29, 0.717) is 18.5 Å². The molecule has 1 aromatic rings. The second-order valence-electron chi connectivity index (χ2n) is 5.41. The van der Waals surface area contributed by atoms with Crippen molar-refractivity contribution in [3.05, 3.63) is 35.4 Å². The molecule has 0 aromatic heterocycles. The monoisotopic (exact) mass is 290 g/mol. The first-order valence-electron chi connectivity index (χ1n) is 7.28. The summed E-state index contributed by atoms with van der Waals surface area (Å²) < 4.78 is 4.67. The molecular formula is C16H22N2O3. The minimum atomic E-state index is -0.324. The van der Waals surface area contributed by atoms with E-state index in [4.69, 9.17) is 0 Å². The first-order valence-corrected chi connectivity index (χ1v) is 7.28. The van der Waals surface area contributed by atoms with Crippen LogP contribution >= 0.6 is 0 Å². The van der Waals surface area contributed by atoms with Gasteiger partial charge in [-0.25, -0.2) is 4.79 Å². The zero-order valence-corrected chi connectivity index (χ0v) is 12.6. The minimum Gasteiger partial charge on any atom is -0.465 e. The molecule has 1 atom stereocenters. The van der Waals surface area contributed by atoms with Crippen molar-refractivity contribution in [1.82, 2.24) is 10.2 Å². The highest BCUT2D eigenvalue weighted by molar-refractivity contribution is 5.89. The number of amides is 1. The Hall–Kier alpha value is -1.88. The third-order valence-corrected chi connectivity index (χ3v) is 3.70. The van der Waals surface area contributed by atoms with Crippen LogP contribution in [-0.2, 0) is 16.1 Å². The summed E-state index contributed by atoms with van der Waals surface area (Å²) >= 11 is 0. The molecule has 1 aromatic carbocycles. The van der Waals surface area contributed by atoms with Crippen LogP contribution in [0.4, 0.5) is 0 Å². The van der Waals surface area contributed by atoms with Gasteiger partial charge >= 0.3 is 5.97 Å². The van der Waals surface area contributed by atoms with Crippen LogP contribution in [-0.4, -0.2) is 43.0 Å². The summed E-state index contributed by atoms with van der Waals surface area (Å²) in [7, 11) is 1.37. The number of hydrogen-bond donors (Lipinski definition) is 1. The predicted octanol–water partition coefficient (Wildman–Crippen LogP) is 1.57. The molecule has 0 aliphatic carbocycles. The van der Waals surface area contributed by atoms with E-state index in [1.807, 2.05) is 17.0 Å². The number of nitrogens with one attached hydrogen (secondary N) is 1. The molecule has 5 nitrogen and oxygen atoms in total. The third kappa shape index (κ3) is 4.29. The van der Waals surface area contributed by atoms with E-state index in [1.54, 1.807) is 12.1 Å². The lowest BCUT2D eigenvalue weighted by molar-refractivity contribution is -0.127. The molecule has 1 aliphatic heterocycles. The Bertz CT molecular complexity index is 499. The summed E-state index contributed by atoms with van der Waals surface area (Å²) in [5, 5.41) is 3.40. The summed E-state index contributed by atoms with van der Waals surface area (Å²) in [6.45, 7) is 4.41.